The Morgan fingerprint density at radius 2 is 1.52 bits per heavy atom. The Balaban J connectivity index is 2.04. The predicted molar refractivity (Wildman–Crippen MR) is 135 cm³/mol. The summed E-state index contributed by atoms with van der Waals surface area (Å²) in [7, 11) is -1.76. The van der Waals surface area contributed by atoms with E-state index in [0.29, 0.717) is 12.4 Å². The molecule has 0 bridgehead atoms. The molecule has 1 saturated heterocycles. The summed E-state index contributed by atoms with van der Waals surface area (Å²) in [6, 6.07) is 0. The third-order valence-corrected chi connectivity index (χ3v) is 11.3. The van der Waals surface area contributed by atoms with Crippen LogP contribution in [0.3, 0.4) is 0 Å². The lowest BCUT2D eigenvalue weighted by Gasteiger charge is -2.35. The van der Waals surface area contributed by atoms with E-state index in [-0.39, 0.29) is 10.6 Å². The summed E-state index contributed by atoms with van der Waals surface area (Å²) in [5, 5.41) is 0.199. The Morgan fingerprint density at radius 1 is 1.00 bits per heavy atom. The average molecular weight is 448 g/mol. The number of H-pyrrole nitrogens is 1. The Bertz CT molecular complexity index is 723. The number of nitrogens with zero attached hydrogens (tertiary/aromatic N) is 2. The van der Waals surface area contributed by atoms with E-state index in [1.807, 2.05) is 12.2 Å². The first-order valence-corrected chi connectivity index (χ1v) is 15.3. The second-order valence-electron chi connectivity index (χ2n) is 10.5. The number of hydrogen-bond acceptors (Lipinski definition) is 4. The van der Waals surface area contributed by atoms with Crippen LogP contribution in [0.1, 0.15) is 90.7 Å². The van der Waals surface area contributed by atoms with E-state index in [0.717, 1.165) is 31.6 Å². The van der Waals surface area contributed by atoms with Gasteiger partial charge in [0.1, 0.15) is 0 Å². The first-order chi connectivity index (χ1) is 14.7. The van der Waals surface area contributed by atoms with Crippen molar-refractivity contribution in [3.63, 3.8) is 0 Å². The Hall–Kier alpha value is -1.40. The Kier molecular flexibility index (Phi) is 10.5. The summed E-state index contributed by atoms with van der Waals surface area (Å²) in [5.74, 6) is 0.572. The molecular weight excluding hydrogens is 402 g/mol. The van der Waals surface area contributed by atoms with Crippen molar-refractivity contribution in [2.45, 2.75) is 103 Å². The van der Waals surface area contributed by atoms with Crippen molar-refractivity contribution in [1.29, 1.82) is 0 Å². The van der Waals surface area contributed by atoms with Crippen LogP contribution in [-0.4, -0.2) is 38.0 Å². The predicted octanol–water partition coefficient (Wildman–Crippen LogP) is 6.53. The van der Waals surface area contributed by atoms with Crippen molar-refractivity contribution in [2.75, 3.05) is 24.6 Å². The lowest BCUT2D eigenvalue weighted by Crippen LogP contribution is -2.40. The molecule has 0 radical (unpaired) electrons. The molecule has 1 aromatic heterocycles. The zero-order valence-corrected chi connectivity index (χ0v) is 21.6. The average Bonchev–Trinajstić information content (AvgIpc) is 2.73. The minimum absolute atomic E-state index is 0.0843. The van der Waals surface area contributed by atoms with Crippen molar-refractivity contribution < 1.29 is 4.43 Å². The van der Waals surface area contributed by atoms with E-state index in [1.54, 1.807) is 6.20 Å². The highest BCUT2D eigenvalue weighted by atomic mass is 28.4. The van der Waals surface area contributed by atoms with Crippen LogP contribution in [0.2, 0.25) is 18.1 Å². The Labute approximate surface area is 190 Å². The maximum absolute atomic E-state index is 12.6. The lowest BCUT2D eigenvalue weighted by atomic mass is 10.1. The van der Waals surface area contributed by atoms with E-state index >= 15 is 0 Å². The fraction of sp³-hybridized carbons (Fsp3) is 0.760. The molecule has 1 fully saturated rings. The number of anilines is 1. The van der Waals surface area contributed by atoms with E-state index in [9.17, 15) is 4.79 Å². The van der Waals surface area contributed by atoms with Crippen molar-refractivity contribution in [2.24, 2.45) is 0 Å². The highest BCUT2D eigenvalue weighted by Crippen LogP contribution is 2.36. The second-order valence-corrected chi connectivity index (χ2v) is 15.3. The zero-order chi connectivity index (χ0) is 22.7. The summed E-state index contributed by atoms with van der Waals surface area (Å²) in [4.78, 5) is 22.4. The van der Waals surface area contributed by atoms with Crippen LogP contribution in [-0.2, 0) is 4.43 Å². The number of nitrogens with one attached hydrogen (secondary N) is 1. The topological polar surface area (TPSA) is 58.2 Å². The van der Waals surface area contributed by atoms with Gasteiger partial charge in [-0.1, -0.05) is 78.2 Å². The van der Waals surface area contributed by atoms with Crippen molar-refractivity contribution >= 4 is 20.2 Å². The molecule has 2 rings (SSSR count). The molecule has 0 unspecified atom stereocenters. The molecule has 0 saturated carbocycles. The van der Waals surface area contributed by atoms with Crippen molar-refractivity contribution in [3.8, 4) is 0 Å². The molecular formula is C25H45N3O2Si. The summed E-state index contributed by atoms with van der Waals surface area (Å²) in [5.41, 5.74) is 0.704. The normalized spacial score (nSPS) is 18.4. The van der Waals surface area contributed by atoms with Gasteiger partial charge < -0.3 is 14.3 Å². The van der Waals surface area contributed by atoms with E-state index in [1.165, 1.54) is 51.4 Å². The maximum Gasteiger partial charge on any atom is 0.290 e. The monoisotopic (exact) mass is 447 g/mol. The minimum Gasteiger partial charge on any atom is -0.413 e. The largest absolute Gasteiger partial charge is 0.413 e. The van der Waals surface area contributed by atoms with Gasteiger partial charge in [0.25, 0.3) is 5.56 Å². The first kappa shape index (κ1) is 25.9. The highest BCUT2D eigenvalue weighted by Gasteiger charge is 2.36. The fourth-order valence-corrected chi connectivity index (χ4v) is 4.64. The molecule has 2 heterocycles. The molecule has 1 aliphatic rings. The molecule has 1 aliphatic heterocycles. The number of aromatic amines is 1. The molecule has 1 N–H and O–H groups in total. The van der Waals surface area contributed by atoms with Gasteiger partial charge >= 0.3 is 0 Å². The van der Waals surface area contributed by atoms with Gasteiger partial charge in [-0.25, -0.2) is 4.98 Å². The zero-order valence-electron chi connectivity index (χ0n) is 20.6. The molecule has 5 nitrogen and oxygen atoms in total. The molecule has 1 aromatic rings. The number of aromatic nitrogens is 2. The summed E-state index contributed by atoms with van der Waals surface area (Å²) in [6.45, 7) is 13.7. The first-order valence-electron chi connectivity index (χ1n) is 12.4. The van der Waals surface area contributed by atoms with Crippen LogP contribution >= 0.6 is 0 Å². The van der Waals surface area contributed by atoms with Gasteiger partial charge in [-0.3, -0.25) is 4.79 Å². The molecule has 31 heavy (non-hydrogen) atoms. The molecule has 0 atom stereocenters. The second kappa shape index (κ2) is 12.6. The SMILES string of the molecule is CC(C)(C)[Si](C)(C)OC/C=C/c1c[nH]c(=O)c(N2CCCCCCCCCCCC2)n1. The van der Waals surface area contributed by atoms with Gasteiger partial charge in [-0.2, -0.15) is 0 Å². The van der Waals surface area contributed by atoms with Crippen LogP contribution in [0.25, 0.3) is 6.08 Å². The Morgan fingerprint density at radius 3 is 2.03 bits per heavy atom. The van der Waals surface area contributed by atoms with Gasteiger partial charge in [0.2, 0.25) is 0 Å². The summed E-state index contributed by atoms with van der Waals surface area (Å²) < 4.78 is 6.22. The van der Waals surface area contributed by atoms with Gasteiger partial charge in [0, 0.05) is 19.3 Å². The van der Waals surface area contributed by atoms with Gasteiger partial charge in [0.05, 0.1) is 12.3 Å². The van der Waals surface area contributed by atoms with Crippen LogP contribution in [0, 0.1) is 0 Å². The smallest absolute Gasteiger partial charge is 0.290 e. The third kappa shape index (κ3) is 8.93. The number of rotatable bonds is 5. The molecule has 0 aromatic carbocycles. The molecule has 176 valence electrons. The molecule has 0 amide bonds. The molecule has 6 heteroatoms. The van der Waals surface area contributed by atoms with Gasteiger partial charge in [-0.05, 0) is 37.0 Å². The van der Waals surface area contributed by atoms with Crippen LogP contribution in [0.15, 0.2) is 17.1 Å². The van der Waals surface area contributed by atoms with E-state index < -0.39 is 8.32 Å². The quantitative estimate of drug-likeness (QED) is 0.522. The summed E-state index contributed by atoms with van der Waals surface area (Å²) >= 11 is 0. The van der Waals surface area contributed by atoms with E-state index in [2.05, 4.69) is 43.7 Å². The van der Waals surface area contributed by atoms with Crippen LogP contribution < -0.4 is 10.5 Å². The van der Waals surface area contributed by atoms with Crippen molar-refractivity contribution in [3.05, 3.63) is 28.3 Å². The lowest BCUT2D eigenvalue weighted by molar-refractivity contribution is 0.328. The molecule has 0 spiro atoms. The van der Waals surface area contributed by atoms with Gasteiger partial charge in [-0.15, -0.1) is 0 Å². The number of hydrogen-bond donors (Lipinski definition) is 1. The summed E-state index contributed by atoms with van der Waals surface area (Å²) in [6.07, 6.45) is 18.4. The van der Waals surface area contributed by atoms with Crippen molar-refractivity contribution in [1.82, 2.24) is 9.97 Å². The third-order valence-electron chi connectivity index (χ3n) is 6.83. The van der Waals surface area contributed by atoms with Gasteiger partial charge in [0.15, 0.2) is 14.1 Å². The maximum atomic E-state index is 12.6. The van der Waals surface area contributed by atoms with Crippen LogP contribution in [0.4, 0.5) is 5.82 Å². The van der Waals surface area contributed by atoms with Crippen LogP contribution in [0.5, 0.6) is 0 Å². The highest BCUT2D eigenvalue weighted by molar-refractivity contribution is 6.74. The standard InChI is InChI=1S/C25H45N3O2Si/c1-25(2,3)31(4,5)30-20-16-17-22-21-26-24(29)23(27-22)28-18-14-12-10-8-6-7-9-11-13-15-19-28/h16-17,21H,6-15,18-20H2,1-5H3,(H,26,29)/b17-16+. The molecule has 0 aliphatic carbocycles. The minimum atomic E-state index is -1.76. The van der Waals surface area contributed by atoms with E-state index in [4.69, 9.17) is 9.41 Å². The fourth-order valence-electron chi connectivity index (χ4n) is 3.69.